The molecule has 0 fully saturated rings. The van der Waals surface area contributed by atoms with E-state index in [0.717, 1.165) is 44.9 Å². The van der Waals surface area contributed by atoms with Crippen molar-refractivity contribution in [3.63, 3.8) is 0 Å². The number of aliphatic carboxylic acids is 1. The third-order valence-electron chi connectivity index (χ3n) is 4.11. The summed E-state index contributed by atoms with van der Waals surface area (Å²) in [5, 5.41) is 11.6. The van der Waals surface area contributed by atoms with Crippen LogP contribution in [0.2, 0.25) is 0 Å². The Kier molecular flexibility index (Phi) is 18.2. The van der Waals surface area contributed by atoms with E-state index in [-0.39, 0.29) is 5.91 Å². The summed E-state index contributed by atoms with van der Waals surface area (Å²) in [6.45, 7) is 2.14. The summed E-state index contributed by atoms with van der Waals surface area (Å²) in [5.41, 5.74) is 0. The second kappa shape index (κ2) is 19.3. The Balaban J connectivity index is 3.53. The molecule has 0 aliphatic rings. The first kappa shape index (κ1) is 25.5. The average Bonchev–Trinajstić information content (AvgIpc) is 2.64. The maximum Gasteiger partial charge on any atom is 0.326 e. The molecule has 154 valence electrons. The van der Waals surface area contributed by atoms with Gasteiger partial charge in [0.05, 0.1) is 0 Å². The standard InChI is InChI=1S/C22H37NO3S/c1-2-3-4-5-6-7-8-9-10-11-12-13-14-15-16-17-21(24)23-20(18-19-27)22(25)26/h3-4,6-7,9-10,20,27H,2,5,8,11-19H2,1H3,(H,23,24)(H,25,26)/b4-3-,7-6-,10-9-/t20-/m0/s1. The smallest absolute Gasteiger partial charge is 0.326 e. The third kappa shape index (κ3) is 17.7. The number of rotatable bonds is 17. The van der Waals surface area contributed by atoms with Crippen molar-refractivity contribution in [2.75, 3.05) is 5.75 Å². The molecule has 0 heterocycles. The number of nitrogens with one attached hydrogen (secondary N) is 1. The Bertz CT molecular complexity index is 472. The number of hydrogen-bond acceptors (Lipinski definition) is 3. The van der Waals surface area contributed by atoms with E-state index < -0.39 is 12.0 Å². The summed E-state index contributed by atoms with van der Waals surface area (Å²) in [4.78, 5) is 22.7. The van der Waals surface area contributed by atoms with Crippen LogP contribution in [-0.2, 0) is 9.59 Å². The molecule has 4 nitrogen and oxygen atoms in total. The molecule has 5 heteroatoms. The van der Waals surface area contributed by atoms with Crippen LogP contribution in [0.25, 0.3) is 0 Å². The molecule has 1 amide bonds. The van der Waals surface area contributed by atoms with Crippen molar-refractivity contribution in [2.24, 2.45) is 0 Å². The molecule has 0 saturated heterocycles. The highest BCUT2D eigenvalue weighted by Gasteiger charge is 2.18. The zero-order valence-electron chi connectivity index (χ0n) is 16.7. The quantitative estimate of drug-likeness (QED) is 0.174. The van der Waals surface area contributed by atoms with Crippen molar-refractivity contribution in [3.05, 3.63) is 36.5 Å². The minimum Gasteiger partial charge on any atom is -0.480 e. The van der Waals surface area contributed by atoms with Gasteiger partial charge in [0.15, 0.2) is 0 Å². The predicted molar refractivity (Wildman–Crippen MR) is 117 cm³/mol. The summed E-state index contributed by atoms with van der Waals surface area (Å²) in [6.07, 6.45) is 23.5. The van der Waals surface area contributed by atoms with Gasteiger partial charge in [0.25, 0.3) is 0 Å². The van der Waals surface area contributed by atoms with Gasteiger partial charge in [0, 0.05) is 6.42 Å². The number of carboxylic acid groups (broad SMARTS) is 1. The van der Waals surface area contributed by atoms with Gasteiger partial charge in [0.1, 0.15) is 6.04 Å². The van der Waals surface area contributed by atoms with Crippen molar-refractivity contribution < 1.29 is 14.7 Å². The van der Waals surface area contributed by atoms with Crippen molar-refractivity contribution in [2.45, 2.75) is 83.6 Å². The summed E-state index contributed by atoms with van der Waals surface area (Å²) in [5.74, 6) is -0.724. The first-order chi connectivity index (χ1) is 13.1. The van der Waals surface area contributed by atoms with Crippen LogP contribution in [0.4, 0.5) is 0 Å². The normalized spacial score (nSPS) is 13.0. The Morgan fingerprint density at radius 1 is 0.926 bits per heavy atom. The van der Waals surface area contributed by atoms with Crippen LogP contribution in [0.1, 0.15) is 77.6 Å². The number of hydrogen-bond donors (Lipinski definition) is 3. The number of carbonyl (C=O) groups is 2. The third-order valence-corrected chi connectivity index (χ3v) is 4.36. The monoisotopic (exact) mass is 395 g/mol. The molecule has 0 aliphatic heterocycles. The first-order valence-electron chi connectivity index (χ1n) is 10.2. The second-order valence-corrected chi connectivity index (χ2v) is 7.02. The van der Waals surface area contributed by atoms with Gasteiger partial charge in [-0.15, -0.1) is 0 Å². The summed E-state index contributed by atoms with van der Waals surface area (Å²) >= 11 is 4.02. The topological polar surface area (TPSA) is 66.4 Å². The molecule has 0 aromatic heterocycles. The molecule has 0 bridgehead atoms. The molecule has 0 aromatic rings. The maximum absolute atomic E-state index is 11.7. The maximum atomic E-state index is 11.7. The van der Waals surface area contributed by atoms with E-state index in [4.69, 9.17) is 5.11 Å². The number of amides is 1. The van der Waals surface area contributed by atoms with Crippen LogP contribution in [0.15, 0.2) is 36.5 Å². The van der Waals surface area contributed by atoms with E-state index in [1.54, 1.807) is 0 Å². The molecule has 1 atom stereocenters. The van der Waals surface area contributed by atoms with Crippen LogP contribution in [0, 0.1) is 0 Å². The van der Waals surface area contributed by atoms with E-state index in [2.05, 4.69) is 61.3 Å². The lowest BCUT2D eigenvalue weighted by molar-refractivity contribution is -0.141. The minimum atomic E-state index is -0.991. The Morgan fingerprint density at radius 2 is 1.52 bits per heavy atom. The zero-order valence-corrected chi connectivity index (χ0v) is 17.6. The summed E-state index contributed by atoms with van der Waals surface area (Å²) in [7, 11) is 0. The van der Waals surface area contributed by atoms with Gasteiger partial charge < -0.3 is 10.4 Å². The van der Waals surface area contributed by atoms with E-state index in [1.165, 1.54) is 12.8 Å². The summed E-state index contributed by atoms with van der Waals surface area (Å²) < 4.78 is 0. The largest absolute Gasteiger partial charge is 0.480 e. The lowest BCUT2D eigenvalue weighted by Gasteiger charge is -2.13. The fraction of sp³-hybridized carbons (Fsp3) is 0.636. The molecule has 0 saturated carbocycles. The Hall–Kier alpha value is -1.49. The van der Waals surface area contributed by atoms with E-state index in [0.29, 0.717) is 18.6 Å². The molecule has 0 radical (unpaired) electrons. The molecular formula is C22H37NO3S. The lowest BCUT2D eigenvalue weighted by atomic mass is 10.1. The van der Waals surface area contributed by atoms with Gasteiger partial charge in [0.2, 0.25) is 5.91 Å². The van der Waals surface area contributed by atoms with Gasteiger partial charge in [-0.25, -0.2) is 4.79 Å². The van der Waals surface area contributed by atoms with Crippen LogP contribution in [-0.4, -0.2) is 28.8 Å². The molecule has 0 aromatic carbocycles. The number of thiol groups is 1. The molecule has 0 aliphatic carbocycles. The molecular weight excluding hydrogens is 358 g/mol. The Morgan fingerprint density at radius 3 is 2.15 bits per heavy atom. The predicted octanol–water partition coefficient (Wildman–Crippen LogP) is 5.47. The van der Waals surface area contributed by atoms with Crippen LogP contribution in [0.5, 0.6) is 0 Å². The first-order valence-corrected chi connectivity index (χ1v) is 10.8. The van der Waals surface area contributed by atoms with Crippen molar-refractivity contribution in [1.29, 1.82) is 0 Å². The molecule has 0 spiro atoms. The highest BCUT2D eigenvalue weighted by molar-refractivity contribution is 7.80. The van der Waals surface area contributed by atoms with Gasteiger partial charge in [-0.1, -0.05) is 62.6 Å². The highest BCUT2D eigenvalue weighted by Crippen LogP contribution is 2.08. The van der Waals surface area contributed by atoms with Gasteiger partial charge in [-0.2, -0.15) is 12.6 Å². The number of carbonyl (C=O) groups excluding carboxylic acids is 1. The number of allylic oxidation sites excluding steroid dienone is 6. The second-order valence-electron chi connectivity index (χ2n) is 6.57. The lowest BCUT2D eigenvalue weighted by Crippen LogP contribution is -2.40. The van der Waals surface area contributed by atoms with Crippen molar-refractivity contribution >= 4 is 24.5 Å². The zero-order chi connectivity index (χ0) is 20.2. The van der Waals surface area contributed by atoms with Gasteiger partial charge in [-0.05, 0) is 50.7 Å². The van der Waals surface area contributed by atoms with Crippen LogP contribution in [0.3, 0.4) is 0 Å². The van der Waals surface area contributed by atoms with Crippen LogP contribution >= 0.6 is 12.6 Å². The van der Waals surface area contributed by atoms with Crippen LogP contribution < -0.4 is 5.32 Å². The minimum absolute atomic E-state index is 0.176. The number of carboxylic acids is 1. The molecule has 27 heavy (non-hydrogen) atoms. The average molecular weight is 396 g/mol. The van der Waals surface area contributed by atoms with E-state index in [9.17, 15) is 9.59 Å². The molecule has 0 rings (SSSR count). The molecule has 2 N–H and O–H groups in total. The van der Waals surface area contributed by atoms with Gasteiger partial charge in [-0.3, -0.25) is 4.79 Å². The number of unbranched alkanes of at least 4 members (excludes halogenated alkanes) is 5. The fourth-order valence-electron chi connectivity index (χ4n) is 2.56. The van der Waals surface area contributed by atoms with Crippen molar-refractivity contribution in [1.82, 2.24) is 5.32 Å². The Labute approximate surface area is 170 Å². The fourth-order valence-corrected chi connectivity index (χ4v) is 2.82. The van der Waals surface area contributed by atoms with Crippen molar-refractivity contribution in [3.8, 4) is 0 Å². The summed E-state index contributed by atoms with van der Waals surface area (Å²) in [6, 6.07) is -0.815. The van der Waals surface area contributed by atoms with E-state index >= 15 is 0 Å². The van der Waals surface area contributed by atoms with Gasteiger partial charge >= 0.3 is 5.97 Å². The SMILES string of the molecule is CC/C=C\C/C=C\C/C=C\CCCCCCCC(=O)N[C@@H](CCS)C(=O)O. The highest BCUT2D eigenvalue weighted by atomic mass is 32.1. The molecule has 0 unspecified atom stereocenters. The van der Waals surface area contributed by atoms with E-state index in [1.807, 2.05) is 0 Å².